The molecule has 4 nitrogen and oxygen atoms in total. The highest BCUT2D eigenvalue weighted by Gasteiger charge is 2.33. The number of ether oxygens (including phenoxy) is 1. The summed E-state index contributed by atoms with van der Waals surface area (Å²) >= 11 is 3.91. The number of carbonyl (C=O) groups is 1. The fraction of sp³-hybridized carbons (Fsp3) is 0.333. The molecule has 0 saturated carbocycles. The summed E-state index contributed by atoms with van der Waals surface area (Å²) in [4.78, 5) is 17.7. The number of rotatable bonds is 4. The SMILES string of the molecule is CCOC(=O)C1CCc2sc(Nc3cccc(I)c3)nc21. The molecule has 1 aromatic carbocycles. The van der Waals surface area contributed by atoms with Crippen LogP contribution in [0.25, 0.3) is 0 Å². The molecule has 1 aromatic heterocycles. The van der Waals surface area contributed by atoms with E-state index in [1.54, 1.807) is 11.3 Å². The maximum absolute atomic E-state index is 11.9. The number of hydrogen-bond acceptors (Lipinski definition) is 5. The van der Waals surface area contributed by atoms with Gasteiger partial charge in [0.25, 0.3) is 0 Å². The van der Waals surface area contributed by atoms with Gasteiger partial charge in [-0.3, -0.25) is 4.79 Å². The second-order valence-electron chi connectivity index (χ2n) is 4.81. The summed E-state index contributed by atoms with van der Waals surface area (Å²) in [6.45, 7) is 2.25. The highest BCUT2D eigenvalue weighted by atomic mass is 127. The number of benzene rings is 1. The van der Waals surface area contributed by atoms with Crippen LogP contribution in [-0.2, 0) is 16.0 Å². The number of hydrogen-bond donors (Lipinski definition) is 1. The van der Waals surface area contributed by atoms with E-state index in [0.717, 1.165) is 29.4 Å². The van der Waals surface area contributed by atoms with Crippen molar-refractivity contribution in [2.75, 3.05) is 11.9 Å². The van der Waals surface area contributed by atoms with Crippen molar-refractivity contribution >= 4 is 50.7 Å². The van der Waals surface area contributed by atoms with Crippen molar-refractivity contribution < 1.29 is 9.53 Å². The van der Waals surface area contributed by atoms with Crippen molar-refractivity contribution in [2.24, 2.45) is 0 Å². The van der Waals surface area contributed by atoms with Crippen LogP contribution < -0.4 is 5.32 Å². The van der Waals surface area contributed by atoms with E-state index in [9.17, 15) is 4.79 Å². The Hall–Kier alpha value is -1.15. The number of esters is 1. The van der Waals surface area contributed by atoms with Crippen LogP contribution in [-0.4, -0.2) is 17.6 Å². The van der Waals surface area contributed by atoms with Crippen LogP contribution in [0.15, 0.2) is 24.3 Å². The third-order valence-corrected chi connectivity index (χ3v) is 5.08. The molecule has 0 amide bonds. The minimum Gasteiger partial charge on any atom is -0.465 e. The number of thiazole rings is 1. The second-order valence-corrected chi connectivity index (χ2v) is 7.14. The predicted octanol–water partition coefficient (Wildman–Crippen LogP) is 4.08. The number of nitrogens with one attached hydrogen (secondary N) is 1. The Morgan fingerprint density at radius 1 is 1.57 bits per heavy atom. The van der Waals surface area contributed by atoms with Crippen LogP contribution in [0.5, 0.6) is 0 Å². The third kappa shape index (κ3) is 3.21. The average molecular weight is 414 g/mol. The molecule has 0 saturated heterocycles. The minimum absolute atomic E-state index is 0.151. The Labute approximate surface area is 141 Å². The van der Waals surface area contributed by atoms with E-state index in [2.05, 4.69) is 39.0 Å². The summed E-state index contributed by atoms with van der Waals surface area (Å²) in [6.07, 6.45) is 1.72. The van der Waals surface area contributed by atoms with Crippen LogP contribution >= 0.6 is 33.9 Å². The number of carbonyl (C=O) groups excluding carboxylic acids is 1. The zero-order valence-electron chi connectivity index (χ0n) is 11.6. The van der Waals surface area contributed by atoms with Crippen molar-refractivity contribution in [3.8, 4) is 0 Å². The standard InChI is InChI=1S/C15H15IN2O2S/c1-2-20-14(19)11-6-7-12-13(11)18-15(21-12)17-10-5-3-4-9(16)8-10/h3-5,8,11H,2,6-7H2,1H3,(H,17,18). The van der Waals surface area contributed by atoms with E-state index >= 15 is 0 Å². The first-order valence-electron chi connectivity index (χ1n) is 6.86. The molecule has 21 heavy (non-hydrogen) atoms. The van der Waals surface area contributed by atoms with Gasteiger partial charge >= 0.3 is 5.97 Å². The molecule has 0 fully saturated rings. The number of aromatic nitrogens is 1. The molecule has 0 aliphatic heterocycles. The summed E-state index contributed by atoms with van der Waals surface area (Å²) in [6, 6.07) is 8.13. The van der Waals surface area contributed by atoms with Crippen LogP contribution in [0, 0.1) is 3.57 Å². The van der Waals surface area contributed by atoms with Crippen molar-refractivity contribution in [3.05, 3.63) is 38.4 Å². The number of aryl methyl sites for hydroxylation is 1. The van der Waals surface area contributed by atoms with Gasteiger partial charge in [-0.15, -0.1) is 11.3 Å². The Bertz CT molecular complexity index is 671. The van der Waals surface area contributed by atoms with Gasteiger partial charge in [0.05, 0.1) is 12.3 Å². The summed E-state index contributed by atoms with van der Waals surface area (Å²) in [7, 11) is 0. The molecule has 110 valence electrons. The molecule has 2 aromatic rings. The zero-order valence-corrected chi connectivity index (χ0v) is 14.5. The van der Waals surface area contributed by atoms with E-state index in [0.29, 0.717) is 6.61 Å². The monoisotopic (exact) mass is 414 g/mol. The van der Waals surface area contributed by atoms with E-state index in [1.165, 1.54) is 8.45 Å². The van der Waals surface area contributed by atoms with Crippen molar-refractivity contribution in [1.29, 1.82) is 0 Å². The molecular formula is C15H15IN2O2S. The number of nitrogens with zero attached hydrogens (tertiary/aromatic N) is 1. The van der Waals surface area contributed by atoms with Gasteiger partial charge < -0.3 is 10.1 Å². The normalized spacial score (nSPS) is 16.6. The number of anilines is 2. The van der Waals surface area contributed by atoms with E-state index in [4.69, 9.17) is 4.74 Å². The smallest absolute Gasteiger partial charge is 0.315 e. The van der Waals surface area contributed by atoms with Gasteiger partial charge in [0.2, 0.25) is 0 Å². The lowest BCUT2D eigenvalue weighted by Crippen LogP contribution is -2.14. The molecule has 1 heterocycles. The highest BCUT2D eigenvalue weighted by molar-refractivity contribution is 14.1. The van der Waals surface area contributed by atoms with Gasteiger partial charge in [-0.2, -0.15) is 0 Å². The summed E-state index contributed by atoms with van der Waals surface area (Å²) in [5, 5.41) is 4.16. The highest BCUT2D eigenvalue weighted by Crippen LogP contribution is 2.39. The van der Waals surface area contributed by atoms with Crippen molar-refractivity contribution in [1.82, 2.24) is 4.98 Å². The summed E-state index contributed by atoms with van der Waals surface area (Å²) in [5.74, 6) is -0.343. The molecular weight excluding hydrogens is 399 g/mol. The lowest BCUT2D eigenvalue weighted by molar-refractivity contribution is -0.145. The zero-order chi connectivity index (χ0) is 14.8. The molecule has 1 atom stereocenters. The van der Waals surface area contributed by atoms with Crippen molar-refractivity contribution in [2.45, 2.75) is 25.7 Å². The first-order chi connectivity index (χ1) is 10.2. The molecule has 3 rings (SSSR count). The van der Waals surface area contributed by atoms with Gasteiger partial charge in [-0.25, -0.2) is 4.98 Å². The Kier molecular flexibility index (Phi) is 4.44. The van der Waals surface area contributed by atoms with Gasteiger partial charge in [-0.05, 0) is 60.6 Å². The molecule has 1 aliphatic carbocycles. The third-order valence-electron chi connectivity index (χ3n) is 3.36. The van der Waals surface area contributed by atoms with Crippen LogP contribution in [0.2, 0.25) is 0 Å². The Balaban J connectivity index is 1.79. The predicted molar refractivity (Wildman–Crippen MR) is 92.3 cm³/mol. The molecule has 1 N–H and O–H groups in total. The first kappa shape index (κ1) is 14.8. The van der Waals surface area contributed by atoms with Gasteiger partial charge in [-0.1, -0.05) is 6.07 Å². The summed E-state index contributed by atoms with van der Waals surface area (Å²) in [5.41, 5.74) is 1.91. The quantitative estimate of drug-likeness (QED) is 0.605. The van der Waals surface area contributed by atoms with E-state index in [1.807, 2.05) is 25.1 Å². The van der Waals surface area contributed by atoms with E-state index in [-0.39, 0.29) is 11.9 Å². The lowest BCUT2D eigenvalue weighted by atomic mass is 10.1. The second kappa shape index (κ2) is 6.31. The Morgan fingerprint density at radius 2 is 2.43 bits per heavy atom. The maximum Gasteiger partial charge on any atom is 0.315 e. The molecule has 0 radical (unpaired) electrons. The van der Waals surface area contributed by atoms with Gasteiger partial charge in [0.15, 0.2) is 5.13 Å². The largest absolute Gasteiger partial charge is 0.465 e. The molecule has 6 heteroatoms. The average Bonchev–Trinajstić information content (AvgIpc) is 2.98. The topological polar surface area (TPSA) is 51.2 Å². The molecule has 0 spiro atoms. The van der Waals surface area contributed by atoms with Crippen LogP contribution in [0.4, 0.5) is 10.8 Å². The van der Waals surface area contributed by atoms with E-state index < -0.39 is 0 Å². The Morgan fingerprint density at radius 3 is 3.19 bits per heavy atom. The molecule has 0 bridgehead atoms. The van der Waals surface area contributed by atoms with Gasteiger partial charge in [0, 0.05) is 14.1 Å². The summed E-state index contributed by atoms with van der Waals surface area (Å²) < 4.78 is 6.30. The fourth-order valence-electron chi connectivity index (χ4n) is 2.44. The number of fused-ring (bicyclic) bond motifs is 1. The fourth-order valence-corrected chi connectivity index (χ4v) is 4.04. The van der Waals surface area contributed by atoms with Crippen LogP contribution in [0.1, 0.15) is 29.8 Å². The maximum atomic E-state index is 11.9. The molecule has 1 unspecified atom stereocenters. The lowest BCUT2D eigenvalue weighted by Gasteiger charge is -2.08. The molecule has 1 aliphatic rings. The van der Waals surface area contributed by atoms with Crippen LogP contribution in [0.3, 0.4) is 0 Å². The van der Waals surface area contributed by atoms with Crippen molar-refractivity contribution in [3.63, 3.8) is 0 Å². The number of halogens is 1. The minimum atomic E-state index is -0.192. The first-order valence-corrected chi connectivity index (χ1v) is 8.75. The van der Waals surface area contributed by atoms with Gasteiger partial charge in [0.1, 0.15) is 5.92 Å².